The van der Waals surface area contributed by atoms with Gasteiger partial charge in [0, 0.05) is 22.8 Å². The molecule has 0 spiro atoms. The highest BCUT2D eigenvalue weighted by molar-refractivity contribution is 7.15. The molecule has 6 rings (SSSR count). The van der Waals surface area contributed by atoms with Gasteiger partial charge in [-0.2, -0.15) is 0 Å². The van der Waals surface area contributed by atoms with Gasteiger partial charge in [-0.1, -0.05) is 13.8 Å². The Bertz CT molecular complexity index is 1100. The van der Waals surface area contributed by atoms with Gasteiger partial charge < -0.3 is 15.3 Å². The maximum absolute atomic E-state index is 12.7. The molecule has 3 N–H and O–H groups in total. The first-order valence-corrected chi connectivity index (χ1v) is 12.7. The van der Waals surface area contributed by atoms with E-state index in [4.69, 9.17) is 4.98 Å². The average Bonchev–Trinajstić information content (AvgIpc) is 3.33. The van der Waals surface area contributed by atoms with Crippen LogP contribution in [0.5, 0.6) is 5.75 Å². The predicted octanol–water partition coefficient (Wildman–Crippen LogP) is 4.43. The van der Waals surface area contributed by atoms with Gasteiger partial charge in [0.1, 0.15) is 22.1 Å². The second-order valence-corrected chi connectivity index (χ2v) is 12.1. The highest BCUT2D eigenvalue weighted by Gasteiger charge is 2.68. The number of aromatic nitrogens is 1. The van der Waals surface area contributed by atoms with Gasteiger partial charge in [0.2, 0.25) is 0 Å². The minimum atomic E-state index is -1.31. The number of carbonyl (C=O) groups is 1. The number of hydrogen-bond donors (Lipinski definition) is 3. The average molecular weight is 454 g/mol. The summed E-state index contributed by atoms with van der Waals surface area (Å²) >= 11 is 1.48. The van der Waals surface area contributed by atoms with E-state index in [1.807, 2.05) is 12.1 Å². The third-order valence-corrected chi connectivity index (χ3v) is 11.1. The Morgan fingerprint density at radius 1 is 1.06 bits per heavy atom. The molecule has 0 amide bonds. The van der Waals surface area contributed by atoms with Gasteiger partial charge in [0.05, 0.1) is 16.7 Å². The smallest absolute Gasteiger partial charge is 0.139 e. The van der Waals surface area contributed by atoms with Crippen LogP contribution in [0.15, 0.2) is 24.3 Å². The lowest BCUT2D eigenvalue weighted by molar-refractivity contribution is -0.247. The standard InChI is InChI=1S/C26H31NO4S/c1-24-11-9-18-16(17(24)7-8-20(24)29)13-21(30)26(31)22-19(10-12-25(18,26)2)27-23(32-22)14-3-5-15(28)6-4-14/h3-6,16-18,21,28,30-31H,7-13H2,1-2H3/t16-,17-,18-,21-,24-,25+,26+/m0/s1. The van der Waals surface area contributed by atoms with Gasteiger partial charge in [0.15, 0.2) is 0 Å². The number of aromatic hydroxyl groups is 1. The quantitative estimate of drug-likeness (QED) is 0.594. The van der Waals surface area contributed by atoms with Gasteiger partial charge >= 0.3 is 0 Å². The van der Waals surface area contributed by atoms with E-state index in [1.54, 1.807) is 12.1 Å². The van der Waals surface area contributed by atoms with Gasteiger partial charge in [0.25, 0.3) is 0 Å². The van der Waals surface area contributed by atoms with E-state index in [-0.39, 0.29) is 17.1 Å². The second-order valence-electron chi connectivity index (χ2n) is 11.1. The largest absolute Gasteiger partial charge is 0.508 e. The fourth-order valence-electron chi connectivity index (χ4n) is 7.98. The summed E-state index contributed by atoms with van der Waals surface area (Å²) in [6.45, 7) is 4.32. The molecule has 170 valence electrons. The van der Waals surface area contributed by atoms with E-state index in [2.05, 4.69) is 13.8 Å². The molecule has 0 unspecified atom stereocenters. The maximum Gasteiger partial charge on any atom is 0.139 e. The Hall–Kier alpha value is -1.76. The lowest BCUT2D eigenvalue weighted by atomic mass is 9.43. The van der Waals surface area contributed by atoms with Crippen molar-refractivity contribution >= 4 is 17.1 Å². The summed E-state index contributed by atoms with van der Waals surface area (Å²) in [7, 11) is 0. The van der Waals surface area contributed by atoms with Crippen LogP contribution in [0.1, 0.15) is 62.9 Å². The Balaban J connectivity index is 1.42. The number of carbonyl (C=O) groups excluding carboxylic acids is 1. The molecule has 1 aromatic heterocycles. The number of phenols is 1. The van der Waals surface area contributed by atoms with Crippen LogP contribution >= 0.6 is 11.3 Å². The first-order chi connectivity index (χ1) is 15.2. The summed E-state index contributed by atoms with van der Waals surface area (Å²) in [4.78, 5) is 18.4. The molecule has 3 fully saturated rings. The lowest BCUT2D eigenvalue weighted by Gasteiger charge is -2.63. The normalized spacial score (nSPS) is 42.7. The molecule has 3 saturated carbocycles. The number of thiazole rings is 1. The number of hydrogen-bond acceptors (Lipinski definition) is 6. The highest BCUT2D eigenvalue weighted by atomic mass is 32.1. The summed E-state index contributed by atoms with van der Waals surface area (Å²) in [5.74, 6) is 1.51. The Morgan fingerprint density at radius 2 is 1.81 bits per heavy atom. The zero-order valence-electron chi connectivity index (χ0n) is 18.7. The summed E-state index contributed by atoms with van der Waals surface area (Å²) < 4.78 is 0. The zero-order valence-corrected chi connectivity index (χ0v) is 19.5. The molecule has 7 atom stereocenters. The number of nitrogens with zero attached hydrogens (tertiary/aromatic N) is 1. The molecular formula is C26H31NO4S. The van der Waals surface area contributed by atoms with Crippen LogP contribution < -0.4 is 0 Å². The van der Waals surface area contributed by atoms with Gasteiger partial charge in [-0.25, -0.2) is 4.98 Å². The summed E-state index contributed by atoms with van der Waals surface area (Å²) in [5, 5.41) is 34.2. The van der Waals surface area contributed by atoms with Crippen LogP contribution in [0, 0.1) is 28.6 Å². The van der Waals surface area contributed by atoms with Crippen molar-refractivity contribution in [2.24, 2.45) is 28.6 Å². The van der Waals surface area contributed by atoms with Gasteiger partial charge in [-0.15, -0.1) is 11.3 Å². The molecule has 1 aromatic carbocycles. The molecule has 2 aromatic rings. The molecule has 0 radical (unpaired) electrons. The molecule has 5 nitrogen and oxygen atoms in total. The van der Waals surface area contributed by atoms with E-state index < -0.39 is 17.1 Å². The maximum atomic E-state index is 12.7. The monoisotopic (exact) mass is 453 g/mol. The fourth-order valence-corrected chi connectivity index (χ4v) is 9.37. The molecule has 32 heavy (non-hydrogen) atoms. The van der Waals surface area contributed by atoms with Crippen molar-refractivity contribution in [1.29, 1.82) is 0 Å². The molecule has 0 saturated heterocycles. The van der Waals surface area contributed by atoms with Crippen LogP contribution in [0.25, 0.3) is 10.6 Å². The lowest BCUT2D eigenvalue weighted by Crippen LogP contribution is -2.65. The number of benzene rings is 1. The van der Waals surface area contributed by atoms with Crippen molar-refractivity contribution in [3.63, 3.8) is 0 Å². The Kier molecular flexibility index (Phi) is 4.32. The third-order valence-electron chi connectivity index (χ3n) is 9.85. The number of phenolic OH excluding ortho intramolecular Hbond substituents is 1. The number of aliphatic hydroxyl groups excluding tert-OH is 1. The molecule has 6 heteroatoms. The van der Waals surface area contributed by atoms with E-state index in [9.17, 15) is 20.1 Å². The second kappa shape index (κ2) is 6.64. The van der Waals surface area contributed by atoms with Gasteiger partial charge in [-0.05, 0) is 80.5 Å². The van der Waals surface area contributed by atoms with Crippen LogP contribution in [0.2, 0.25) is 0 Å². The SMILES string of the molecule is C[C@]12CC[C@H]3[C@@H](C[C@H](O)[C@@]4(O)c5sc(-c6ccc(O)cc6)nc5CC[C@]34C)[C@@H]1CCC2=O. The van der Waals surface area contributed by atoms with Crippen LogP contribution in [-0.4, -0.2) is 32.2 Å². The van der Waals surface area contributed by atoms with Crippen molar-refractivity contribution in [2.45, 2.75) is 70.5 Å². The first kappa shape index (κ1) is 20.8. The minimum Gasteiger partial charge on any atom is -0.508 e. The number of aryl methyl sites for hydroxylation is 1. The number of Topliss-reactive ketones (excluding diaryl/α,β-unsaturated/α-hetero) is 1. The van der Waals surface area contributed by atoms with Crippen molar-refractivity contribution in [1.82, 2.24) is 4.98 Å². The van der Waals surface area contributed by atoms with Crippen LogP contribution in [0.3, 0.4) is 0 Å². The first-order valence-electron chi connectivity index (χ1n) is 11.9. The summed E-state index contributed by atoms with van der Waals surface area (Å²) in [6.07, 6.45) is 4.70. The molecule has 1 heterocycles. The minimum absolute atomic E-state index is 0.213. The van der Waals surface area contributed by atoms with E-state index in [0.29, 0.717) is 30.5 Å². The number of ketones is 1. The molecule has 0 bridgehead atoms. The van der Waals surface area contributed by atoms with Crippen LogP contribution in [0.4, 0.5) is 0 Å². The number of fused-ring (bicyclic) bond motifs is 7. The third kappa shape index (κ3) is 2.46. The Labute approximate surface area is 192 Å². The molecule has 4 aliphatic rings. The van der Waals surface area contributed by atoms with Crippen molar-refractivity contribution in [3.8, 4) is 16.3 Å². The predicted molar refractivity (Wildman–Crippen MR) is 122 cm³/mol. The van der Waals surface area contributed by atoms with Gasteiger partial charge in [-0.3, -0.25) is 4.79 Å². The molecule has 4 aliphatic carbocycles. The van der Waals surface area contributed by atoms with E-state index >= 15 is 0 Å². The Morgan fingerprint density at radius 3 is 2.56 bits per heavy atom. The van der Waals surface area contributed by atoms with Crippen molar-refractivity contribution < 1.29 is 20.1 Å². The van der Waals surface area contributed by atoms with E-state index in [1.165, 1.54) is 11.3 Å². The van der Waals surface area contributed by atoms with Crippen LogP contribution in [-0.2, 0) is 16.8 Å². The van der Waals surface area contributed by atoms with Crippen molar-refractivity contribution in [2.75, 3.05) is 0 Å². The topological polar surface area (TPSA) is 90.7 Å². The molecule has 0 aliphatic heterocycles. The van der Waals surface area contributed by atoms with Crippen molar-refractivity contribution in [3.05, 3.63) is 34.8 Å². The van der Waals surface area contributed by atoms with E-state index in [0.717, 1.165) is 53.2 Å². The zero-order chi connectivity index (χ0) is 22.5. The summed E-state index contributed by atoms with van der Waals surface area (Å²) in [6, 6.07) is 6.98. The summed E-state index contributed by atoms with van der Waals surface area (Å²) in [5.41, 5.74) is -0.192. The number of rotatable bonds is 1. The highest BCUT2D eigenvalue weighted by Crippen LogP contribution is 2.68. The molecular weight excluding hydrogens is 422 g/mol. The number of aliphatic hydroxyl groups is 2. The fraction of sp³-hybridized carbons (Fsp3) is 0.615.